The van der Waals surface area contributed by atoms with E-state index in [9.17, 15) is 13.6 Å². The molecule has 2 heterocycles. The molecule has 0 saturated carbocycles. The maximum absolute atomic E-state index is 13.0. The molecule has 0 aliphatic rings. The van der Waals surface area contributed by atoms with E-state index in [2.05, 4.69) is 5.32 Å². The lowest BCUT2D eigenvalue weighted by molar-refractivity contribution is 0.0117. The van der Waals surface area contributed by atoms with Gasteiger partial charge in [-0.1, -0.05) is 6.07 Å². The lowest BCUT2D eigenvalue weighted by atomic mass is 10.3. The van der Waals surface area contributed by atoms with Crippen molar-refractivity contribution in [3.63, 3.8) is 0 Å². The van der Waals surface area contributed by atoms with E-state index in [-0.39, 0.29) is 0 Å². The molecule has 7 heteroatoms. The third-order valence-corrected chi connectivity index (χ3v) is 3.64. The van der Waals surface area contributed by atoms with Crippen LogP contribution in [0.25, 0.3) is 0 Å². The predicted octanol–water partition coefficient (Wildman–Crippen LogP) is 1.92. The number of nitrogens with zero attached hydrogens (tertiary/aromatic N) is 1. The fraction of sp³-hybridized carbons (Fsp3) is 0.308. The van der Waals surface area contributed by atoms with E-state index in [1.165, 1.54) is 0 Å². The minimum atomic E-state index is -3.08. The van der Waals surface area contributed by atoms with Crippen LogP contribution in [0.4, 0.5) is 8.78 Å². The Morgan fingerprint density at radius 2 is 2.20 bits per heavy atom. The van der Waals surface area contributed by atoms with Crippen LogP contribution < -0.4 is 11.1 Å². The van der Waals surface area contributed by atoms with Crippen LogP contribution in [0.3, 0.4) is 0 Å². The number of rotatable bonds is 6. The molecule has 3 N–H and O–H groups in total. The number of nitrogens with two attached hydrogens (primary N) is 1. The molecule has 1 amide bonds. The van der Waals surface area contributed by atoms with Crippen molar-refractivity contribution in [2.45, 2.75) is 12.5 Å². The number of alkyl halides is 2. The molecule has 20 heavy (non-hydrogen) atoms. The highest BCUT2D eigenvalue weighted by Crippen LogP contribution is 2.14. The quantitative estimate of drug-likeness (QED) is 0.856. The minimum absolute atomic E-state index is 0.353. The van der Waals surface area contributed by atoms with Gasteiger partial charge in [0.25, 0.3) is 11.8 Å². The van der Waals surface area contributed by atoms with Gasteiger partial charge < -0.3 is 15.6 Å². The molecule has 0 radical (unpaired) electrons. The first-order valence-electron chi connectivity index (χ1n) is 6.05. The molecule has 0 bridgehead atoms. The van der Waals surface area contributed by atoms with Gasteiger partial charge in [-0.05, 0) is 23.6 Å². The molecule has 2 aromatic heterocycles. The van der Waals surface area contributed by atoms with E-state index >= 15 is 0 Å². The van der Waals surface area contributed by atoms with Crippen molar-refractivity contribution in [1.29, 1.82) is 0 Å². The third kappa shape index (κ3) is 3.64. The summed E-state index contributed by atoms with van der Waals surface area (Å²) in [6.45, 7) is -1.00. The average molecular weight is 299 g/mol. The van der Waals surface area contributed by atoms with Crippen LogP contribution in [0.2, 0.25) is 0 Å². The molecule has 0 aromatic carbocycles. The van der Waals surface area contributed by atoms with Gasteiger partial charge >= 0.3 is 0 Å². The van der Waals surface area contributed by atoms with Crippen molar-refractivity contribution in [1.82, 2.24) is 9.88 Å². The monoisotopic (exact) mass is 299 g/mol. The Labute approximate surface area is 119 Å². The maximum atomic E-state index is 13.0. The standard InChI is InChI=1S/C13H15F2N3OS/c14-13(15,8-16)9-17-12(19)11-4-1-5-18(11)7-10-3-2-6-20-10/h1-6H,7-9,16H2,(H,17,19). The number of halogens is 2. The largest absolute Gasteiger partial charge is 0.345 e. The van der Waals surface area contributed by atoms with Crippen LogP contribution in [0.15, 0.2) is 35.8 Å². The molecule has 0 atom stereocenters. The number of thiophene rings is 1. The molecule has 0 aliphatic carbocycles. The van der Waals surface area contributed by atoms with E-state index in [0.717, 1.165) is 4.88 Å². The second-order valence-electron chi connectivity index (χ2n) is 4.34. The van der Waals surface area contributed by atoms with Crippen LogP contribution in [0.5, 0.6) is 0 Å². The molecular weight excluding hydrogens is 284 g/mol. The minimum Gasteiger partial charge on any atom is -0.345 e. The molecule has 0 unspecified atom stereocenters. The van der Waals surface area contributed by atoms with Crippen LogP contribution in [0.1, 0.15) is 15.4 Å². The first-order chi connectivity index (χ1) is 9.52. The van der Waals surface area contributed by atoms with Gasteiger partial charge in [-0.25, -0.2) is 8.78 Å². The Hall–Kier alpha value is -1.73. The van der Waals surface area contributed by atoms with Crippen molar-refractivity contribution in [2.24, 2.45) is 5.73 Å². The average Bonchev–Trinajstić information content (AvgIpc) is 3.08. The highest BCUT2D eigenvalue weighted by Gasteiger charge is 2.27. The van der Waals surface area contributed by atoms with Crippen molar-refractivity contribution >= 4 is 17.2 Å². The molecule has 108 valence electrons. The van der Waals surface area contributed by atoms with Crippen molar-refractivity contribution < 1.29 is 13.6 Å². The van der Waals surface area contributed by atoms with Crippen LogP contribution in [-0.4, -0.2) is 29.5 Å². The van der Waals surface area contributed by atoms with E-state index in [1.807, 2.05) is 17.5 Å². The molecule has 4 nitrogen and oxygen atoms in total. The predicted molar refractivity (Wildman–Crippen MR) is 74.2 cm³/mol. The lowest BCUT2D eigenvalue weighted by Gasteiger charge is -2.15. The smallest absolute Gasteiger partial charge is 0.277 e. The van der Waals surface area contributed by atoms with Crippen molar-refractivity contribution in [2.75, 3.05) is 13.1 Å². The van der Waals surface area contributed by atoms with Crippen molar-refractivity contribution in [3.05, 3.63) is 46.4 Å². The first kappa shape index (κ1) is 14.7. The number of carbonyl (C=O) groups is 1. The van der Waals surface area contributed by atoms with Crippen LogP contribution in [0, 0.1) is 0 Å². The summed E-state index contributed by atoms with van der Waals surface area (Å²) in [6.07, 6.45) is 1.75. The molecule has 0 saturated heterocycles. The number of nitrogens with one attached hydrogen (secondary N) is 1. The summed E-state index contributed by atoms with van der Waals surface area (Å²) in [6, 6.07) is 7.19. The fourth-order valence-corrected chi connectivity index (χ4v) is 2.40. The van der Waals surface area contributed by atoms with Gasteiger partial charge in [0.15, 0.2) is 0 Å². The maximum Gasteiger partial charge on any atom is 0.277 e. The Balaban J connectivity index is 2.02. The van der Waals surface area contributed by atoms with Gasteiger partial charge in [0, 0.05) is 11.1 Å². The Bertz CT molecular complexity index is 566. The summed E-state index contributed by atoms with van der Waals surface area (Å²) in [4.78, 5) is 13.0. The summed E-state index contributed by atoms with van der Waals surface area (Å²) in [5.41, 5.74) is 5.28. The number of aromatic nitrogens is 1. The van der Waals surface area contributed by atoms with Gasteiger partial charge in [0.2, 0.25) is 0 Å². The van der Waals surface area contributed by atoms with Gasteiger partial charge in [0.05, 0.1) is 19.6 Å². The second kappa shape index (κ2) is 6.15. The first-order valence-corrected chi connectivity index (χ1v) is 6.93. The summed E-state index contributed by atoms with van der Waals surface area (Å²) in [5, 5.41) is 4.15. The number of amides is 1. The number of hydrogen-bond donors (Lipinski definition) is 2. The Morgan fingerprint density at radius 1 is 1.40 bits per heavy atom. The second-order valence-corrected chi connectivity index (χ2v) is 5.38. The third-order valence-electron chi connectivity index (χ3n) is 2.77. The number of hydrogen-bond acceptors (Lipinski definition) is 3. The highest BCUT2D eigenvalue weighted by molar-refractivity contribution is 7.09. The summed E-state index contributed by atoms with van der Waals surface area (Å²) in [7, 11) is 0. The topological polar surface area (TPSA) is 60.0 Å². The highest BCUT2D eigenvalue weighted by atomic mass is 32.1. The number of carbonyl (C=O) groups excluding carboxylic acids is 1. The van der Waals surface area contributed by atoms with Gasteiger partial charge in [-0.3, -0.25) is 4.79 Å². The zero-order valence-electron chi connectivity index (χ0n) is 10.7. The molecule has 0 fully saturated rings. The molecule has 0 aliphatic heterocycles. The Kier molecular flexibility index (Phi) is 4.51. The van der Waals surface area contributed by atoms with E-state index in [1.54, 1.807) is 34.2 Å². The fourth-order valence-electron chi connectivity index (χ4n) is 1.70. The van der Waals surface area contributed by atoms with E-state index < -0.39 is 24.9 Å². The van der Waals surface area contributed by atoms with E-state index in [4.69, 9.17) is 5.73 Å². The molecular formula is C13H15F2N3OS. The molecule has 0 spiro atoms. The molecule has 2 aromatic rings. The van der Waals surface area contributed by atoms with Gasteiger partial charge in [-0.2, -0.15) is 0 Å². The molecule has 2 rings (SSSR count). The van der Waals surface area contributed by atoms with Gasteiger partial charge in [0.1, 0.15) is 5.69 Å². The summed E-state index contributed by atoms with van der Waals surface area (Å²) < 4.78 is 27.8. The summed E-state index contributed by atoms with van der Waals surface area (Å²) in [5.74, 6) is -3.61. The lowest BCUT2D eigenvalue weighted by Crippen LogP contribution is -2.42. The van der Waals surface area contributed by atoms with Crippen LogP contribution in [-0.2, 0) is 6.54 Å². The van der Waals surface area contributed by atoms with Crippen LogP contribution >= 0.6 is 11.3 Å². The normalized spacial score (nSPS) is 11.6. The zero-order chi connectivity index (χ0) is 14.6. The van der Waals surface area contributed by atoms with Gasteiger partial charge in [-0.15, -0.1) is 11.3 Å². The zero-order valence-corrected chi connectivity index (χ0v) is 11.5. The van der Waals surface area contributed by atoms with E-state index in [0.29, 0.717) is 12.2 Å². The SMILES string of the molecule is NCC(F)(F)CNC(=O)c1cccn1Cc1cccs1. The summed E-state index contributed by atoms with van der Waals surface area (Å²) >= 11 is 1.57. The van der Waals surface area contributed by atoms with Crippen molar-refractivity contribution in [3.8, 4) is 0 Å². The Morgan fingerprint density at radius 3 is 2.85 bits per heavy atom.